The van der Waals surface area contributed by atoms with E-state index in [1.165, 1.54) is 5.75 Å². The molecule has 1 fully saturated rings. The van der Waals surface area contributed by atoms with Gasteiger partial charge >= 0.3 is 0 Å². The molecule has 2 rings (SSSR count). The van der Waals surface area contributed by atoms with Gasteiger partial charge in [-0.05, 0) is 12.1 Å². The van der Waals surface area contributed by atoms with Crippen LogP contribution in [0.25, 0.3) is 0 Å². The van der Waals surface area contributed by atoms with Crippen LogP contribution in [-0.4, -0.2) is 31.4 Å². The van der Waals surface area contributed by atoms with Gasteiger partial charge in [0, 0.05) is 12.3 Å². The summed E-state index contributed by atoms with van der Waals surface area (Å²) in [5.41, 5.74) is 0. The van der Waals surface area contributed by atoms with Crippen molar-refractivity contribution in [2.45, 2.75) is 5.37 Å². The van der Waals surface area contributed by atoms with E-state index in [1.54, 1.807) is 7.11 Å². The zero-order valence-electron chi connectivity index (χ0n) is 8.73. The number of methoxy groups -OCH3 is 1. The quantitative estimate of drug-likeness (QED) is 0.845. The number of rotatable bonds is 4. The summed E-state index contributed by atoms with van der Waals surface area (Å²) in [7, 11) is 1.66. The molecule has 0 spiro atoms. The minimum absolute atomic E-state index is 0.412. The van der Waals surface area contributed by atoms with Crippen LogP contribution in [0.3, 0.4) is 0 Å². The Morgan fingerprint density at radius 1 is 1.40 bits per heavy atom. The Bertz CT molecular complexity index is 313. The summed E-state index contributed by atoms with van der Waals surface area (Å²) in [4.78, 5) is 0. The van der Waals surface area contributed by atoms with Crippen LogP contribution in [0.15, 0.2) is 24.3 Å². The molecule has 1 atom stereocenters. The van der Waals surface area contributed by atoms with E-state index in [-0.39, 0.29) is 0 Å². The molecule has 0 aliphatic carbocycles. The zero-order valence-corrected chi connectivity index (χ0v) is 9.55. The Morgan fingerprint density at radius 3 is 2.87 bits per heavy atom. The van der Waals surface area contributed by atoms with Crippen LogP contribution < -0.4 is 14.8 Å². The van der Waals surface area contributed by atoms with Gasteiger partial charge in [-0.25, -0.2) is 0 Å². The van der Waals surface area contributed by atoms with Crippen LogP contribution in [0.2, 0.25) is 0 Å². The minimum atomic E-state index is 0.412. The van der Waals surface area contributed by atoms with Gasteiger partial charge in [0.15, 0.2) is 11.5 Å². The van der Waals surface area contributed by atoms with Crippen LogP contribution in [0.4, 0.5) is 0 Å². The number of ether oxygens (including phenoxy) is 2. The van der Waals surface area contributed by atoms with Crippen LogP contribution in [0.5, 0.6) is 11.5 Å². The van der Waals surface area contributed by atoms with Crippen LogP contribution in [0.1, 0.15) is 0 Å². The molecule has 1 N–H and O–H groups in total. The lowest BCUT2D eigenvalue weighted by molar-refractivity contribution is 0.286. The number of nitrogens with one attached hydrogen (secondary N) is 1. The van der Waals surface area contributed by atoms with Gasteiger partial charge in [-0.15, -0.1) is 11.8 Å². The summed E-state index contributed by atoms with van der Waals surface area (Å²) in [6, 6.07) is 7.73. The van der Waals surface area contributed by atoms with E-state index in [2.05, 4.69) is 5.32 Å². The Kier molecular flexibility index (Phi) is 3.75. The summed E-state index contributed by atoms with van der Waals surface area (Å²) >= 11 is 1.90. The average molecular weight is 225 g/mol. The Morgan fingerprint density at radius 2 is 2.20 bits per heavy atom. The van der Waals surface area contributed by atoms with Gasteiger partial charge in [0.1, 0.15) is 6.61 Å². The van der Waals surface area contributed by atoms with E-state index in [0.29, 0.717) is 12.0 Å². The predicted octanol–water partition coefficient (Wildman–Crippen LogP) is 1.74. The fourth-order valence-electron chi connectivity index (χ4n) is 1.49. The van der Waals surface area contributed by atoms with E-state index >= 15 is 0 Å². The summed E-state index contributed by atoms with van der Waals surface area (Å²) in [5, 5.41) is 3.77. The van der Waals surface area contributed by atoms with Gasteiger partial charge in [0.05, 0.1) is 12.5 Å². The number of para-hydroxylation sites is 2. The number of hydrogen-bond acceptors (Lipinski definition) is 4. The third-order valence-corrected chi connectivity index (χ3v) is 3.40. The van der Waals surface area contributed by atoms with E-state index in [9.17, 15) is 0 Å². The predicted molar refractivity (Wildman–Crippen MR) is 62.7 cm³/mol. The summed E-state index contributed by atoms with van der Waals surface area (Å²) in [6.07, 6.45) is 0. The molecule has 15 heavy (non-hydrogen) atoms. The molecule has 1 heterocycles. The van der Waals surface area contributed by atoms with Gasteiger partial charge in [0.25, 0.3) is 0 Å². The van der Waals surface area contributed by atoms with Crippen molar-refractivity contribution in [3.63, 3.8) is 0 Å². The molecular formula is C11H15NO2S. The van der Waals surface area contributed by atoms with Gasteiger partial charge < -0.3 is 14.8 Å². The first-order valence-electron chi connectivity index (χ1n) is 5.01. The average Bonchev–Trinajstić information content (AvgIpc) is 2.79. The maximum atomic E-state index is 5.70. The highest BCUT2D eigenvalue weighted by Crippen LogP contribution is 2.26. The molecule has 0 bridgehead atoms. The first kappa shape index (κ1) is 10.6. The van der Waals surface area contributed by atoms with Gasteiger partial charge in [-0.3, -0.25) is 0 Å². The lowest BCUT2D eigenvalue weighted by Crippen LogP contribution is -2.26. The Labute approximate surface area is 94.2 Å². The monoisotopic (exact) mass is 225 g/mol. The Hall–Kier alpha value is -0.870. The van der Waals surface area contributed by atoms with Crippen LogP contribution in [-0.2, 0) is 0 Å². The van der Waals surface area contributed by atoms with E-state index < -0.39 is 0 Å². The van der Waals surface area contributed by atoms with Gasteiger partial charge in [-0.2, -0.15) is 0 Å². The molecule has 1 saturated heterocycles. The van der Waals surface area contributed by atoms with Gasteiger partial charge in [0.2, 0.25) is 0 Å². The molecule has 0 amide bonds. The molecule has 0 saturated carbocycles. The highest BCUT2D eigenvalue weighted by atomic mass is 32.2. The third kappa shape index (κ3) is 2.79. The highest BCUT2D eigenvalue weighted by molar-refractivity contribution is 8.00. The lowest BCUT2D eigenvalue weighted by atomic mass is 10.3. The van der Waals surface area contributed by atoms with Crippen molar-refractivity contribution in [3.05, 3.63) is 24.3 Å². The molecule has 1 aromatic carbocycles. The molecule has 1 aliphatic rings. The number of benzene rings is 1. The van der Waals surface area contributed by atoms with Crippen molar-refractivity contribution in [1.82, 2.24) is 5.32 Å². The molecule has 4 heteroatoms. The fourth-order valence-corrected chi connectivity index (χ4v) is 2.41. The fraction of sp³-hybridized carbons (Fsp3) is 0.455. The molecule has 1 unspecified atom stereocenters. The van der Waals surface area contributed by atoms with Crippen molar-refractivity contribution in [2.24, 2.45) is 0 Å². The zero-order chi connectivity index (χ0) is 10.5. The number of thioether (sulfide) groups is 1. The largest absolute Gasteiger partial charge is 0.493 e. The van der Waals surface area contributed by atoms with Crippen molar-refractivity contribution in [1.29, 1.82) is 0 Å². The molecule has 1 aromatic rings. The standard InChI is InChI=1S/C11H15NO2S/c1-13-9-4-2-3-5-10(9)14-8-11-12-6-7-15-11/h2-5,11-12H,6-8H2,1H3. The topological polar surface area (TPSA) is 30.5 Å². The van der Waals surface area contributed by atoms with Crippen molar-refractivity contribution in [2.75, 3.05) is 26.0 Å². The SMILES string of the molecule is COc1ccccc1OCC1NCCS1. The second kappa shape index (κ2) is 5.28. The summed E-state index contributed by atoms with van der Waals surface area (Å²) in [5.74, 6) is 2.77. The maximum absolute atomic E-state index is 5.70. The highest BCUT2D eigenvalue weighted by Gasteiger charge is 2.15. The van der Waals surface area contributed by atoms with Crippen LogP contribution >= 0.6 is 11.8 Å². The first-order chi connectivity index (χ1) is 7.40. The second-order valence-electron chi connectivity index (χ2n) is 3.28. The van der Waals surface area contributed by atoms with E-state index in [1.807, 2.05) is 36.0 Å². The second-order valence-corrected chi connectivity index (χ2v) is 4.59. The molecule has 1 aliphatic heterocycles. The van der Waals surface area contributed by atoms with Crippen molar-refractivity contribution < 1.29 is 9.47 Å². The van der Waals surface area contributed by atoms with Crippen molar-refractivity contribution in [3.8, 4) is 11.5 Å². The first-order valence-corrected chi connectivity index (χ1v) is 6.06. The van der Waals surface area contributed by atoms with E-state index in [4.69, 9.17) is 9.47 Å². The minimum Gasteiger partial charge on any atom is -0.493 e. The third-order valence-electron chi connectivity index (χ3n) is 2.25. The van der Waals surface area contributed by atoms with Gasteiger partial charge in [-0.1, -0.05) is 12.1 Å². The Balaban J connectivity index is 1.91. The lowest BCUT2D eigenvalue weighted by Gasteiger charge is -2.13. The molecular weight excluding hydrogens is 210 g/mol. The van der Waals surface area contributed by atoms with Crippen LogP contribution in [0, 0.1) is 0 Å². The molecule has 0 aromatic heterocycles. The normalized spacial score (nSPS) is 20.2. The molecule has 0 radical (unpaired) electrons. The van der Waals surface area contributed by atoms with Crippen molar-refractivity contribution >= 4 is 11.8 Å². The summed E-state index contributed by atoms with van der Waals surface area (Å²) < 4.78 is 10.9. The molecule has 82 valence electrons. The summed E-state index contributed by atoms with van der Waals surface area (Å²) in [6.45, 7) is 1.76. The molecule has 3 nitrogen and oxygen atoms in total. The smallest absolute Gasteiger partial charge is 0.161 e. The number of hydrogen-bond donors (Lipinski definition) is 1. The van der Waals surface area contributed by atoms with E-state index in [0.717, 1.165) is 18.0 Å². The maximum Gasteiger partial charge on any atom is 0.161 e.